The molecule has 0 unspecified atom stereocenters. The Morgan fingerprint density at radius 3 is 2.57 bits per heavy atom. The van der Waals surface area contributed by atoms with Crippen LogP contribution in [0.5, 0.6) is 5.75 Å². The standard InChI is InChI=1S/C18H16N2O2S/c1-11-4-5-15(22-3)14(10-11)16-17(12(2)21)23-18(20-16)13-6-8-19-9-7-13/h4-10H,1-3H3. The minimum absolute atomic E-state index is 0.00126. The van der Waals surface area contributed by atoms with Crippen LogP contribution in [0, 0.1) is 6.92 Å². The van der Waals surface area contributed by atoms with Gasteiger partial charge in [0.15, 0.2) is 5.78 Å². The van der Waals surface area contributed by atoms with Gasteiger partial charge in [0.05, 0.1) is 17.7 Å². The molecule has 0 aliphatic carbocycles. The van der Waals surface area contributed by atoms with Crippen LogP contribution in [-0.4, -0.2) is 22.9 Å². The summed E-state index contributed by atoms with van der Waals surface area (Å²) in [6.07, 6.45) is 3.44. The van der Waals surface area contributed by atoms with E-state index in [-0.39, 0.29) is 5.78 Å². The smallest absolute Gasteiger partial charge is 0.172 e. The largest absolute Gasteiger partial charge is 0.496 e. The molecule has 2 aromatic heterocycles. The van der Waals surface area contributed by atoms with Crippen molar-refractivity contribution in [2.24, 2.45) is 0 Å². The summed E-state index contributed by atoms with van der Waals surface area (Å²) in [5.41, 5.74) is 3.56. The first-order valence-electron chi connectivity index (χ1n) is 7.17. The first kappa shape index (κ1) is 15.4. The van der Waals surface area contributed by atoms with Crippen LogP contribution in [0.15, 0.2) is 42.7 Å². The van der Waals surface area contributed by atoms with E-state index in [4.69, 9.17) is 9.72 Å². The highest BCUT2D eigenvalue weighted by Gasteiger charge is 2.20. The summed E-state index contributed by atoms with van der Waals surface area (Å²) in [4.78, 5) is 21.5. The minimum Gasteiger partial charge on any atom is -0.496 e. The fraction of sp³-hybridized carbons (Fsp3) is 0.167. The third-order valence-electron chi connectivity index (χ3n) is 3.48. The van der Waals surface area contributed by atoms with Gasteiger partial charge in [-0.3, -0.25) is 9.78 Å². The predicted octanol–water partition coefficient (Wildman–Crippen LogP) is 4.39. The molecule has 0 radical (unpaired) electrons. The van der Waals surface area contributed by atoms with Crippen LogP contribution in [0.25, 0.3) is 21.8 Å². The number of aryl methyl sites for hydroxylation is 1. The highest BCUT2D eigenvalue weighted by atomic mass is 32.1. The van der Waals surface area contributed by atoms with Gasteiger partial charge in [-0.2, -0.15) is 0 Å². The van der Waals surface area contributed by atoms with Gasteiger partial charge in [-0.25, -0.2) is 4.98 Å². The third kappa shape index (κ3) is 3.00. The molecule has 0 bridgehead atoms. The lowest BCUT2D eigenvalue weighted by Crippen LogP contribution is -1.95. The molecular formula is C18H16N2O2S. The Morgan fingerprint density at radius 2 is 1.91 bits per heavy atom. The lowest BCUT2D eigenvalue weighted by atomic mass is 10.1. The SMILES string of the molecule is COc1ccc(C)cc1-c1nc(-c2ccncc2)sc1C(C)=O. The maximum atomic E-state index is 12.1. The Hall–Kier alpha value is -2.53. The van der Waals surface area contributed by atoms with Gasteiger partial charge in [0.25, 0.3) is 0 Å². The van der Waals surface area contributed by atoms with E-state index in [1.165, 1.54) is 11.3 Å². The maximum absolute atomic E-state index is 12.1. The molecule has 0 aliphatic heterocycles. The summed E-state index contributed by atoms with van der Waals surface area (Å²) in [6, 6.07) is 9.66. The number of benzene rings is 1. The average molecular weight is 324 g/mol. The Balaban J connectivity index is 2.21. The van der Waals surface area contributed by atoms with Crippen LogP contribution in [0.4, 0.5) is 0 Å². The van der Waals surface area contributed by atoms with Gasteiger partial charge in [0.1, 0.15) is 10.8 Å². The maximum Gasteiger partial charge on any atom is 0.172 e. The molecule has 4 nitrogen and oxygen atoms in total. The zero-order valence-electron chi connectivity index (χ0n) is 13.2. The molecule has 0 fully saturated rings. The van der Waals surface area contributed by atoms with E-state index in [9.17, 15) is 4.79 Å². The van der Waals surface area contributed by atoms with Gasteiger partial charge in [-0.05, 0) is 31.2 Å². The minimum atomic E-state index is 0.00126. The number of methoxy groups -OCH3 is 1. The van der Waals surface area contributed by atoms with Crippen molar-refractivity contribution in [3.8, 4) is 27.6 Å². The monoisotopic (exact) mass is 324 g/mol. The highest BCUT2D eigenvalue weighted by Crippen LogP contribution is 2.38. The molecule has 0 saturated carbocycles. The van der Waals surface area contributed by atoms with Crippen LogP contribution >= 0.6 is 11.3 Å². The van der Waals surface area contributed by atoms with Crippen molar-refractivity contribution < 1.29 is 9.53 Å². The number of pyridine rings is 1. The van der Waals surface area contributed by atoms with E-state index in [0.29, 0.717) is 16.3 Å². The summed E-state index contributed by atoms with van der Waals surface area (Å²) in [5.74, 6) is 0.714. The summed E-state index contributed by atoms with van der Waals surface area (Å²) in [7, 11) is 1.62. The average Bonchev–Trinajstić information content (AvgIpc) is 3.01. The zero-order valence-corrected chi connectivity index (χ0v) is 14.0. The lowest BCUT2D eigenvalue weighted by Gasteiger charge is -2.08. The van der Waals surface area contributed by atoms with Crippen molar-refractivity contribution >= 4 is 17.1 Å². The Kier molecular flexibility index (Phi) is 4.21. The molecule has 0 saturated heterocycles. The fourth-order valence-electron chi connectivity index (χ4n) is 2.37. The van der Waals surface area contributed by atoms with Crippen LogP contribution in [-0.2, 0) is 0 Å². The van der Waals surface area contributed by atoms with Crippen molar-refractivity contribution in [3.05, 3.63) is 53.2 Å². The third-order valence-corrected chi connectivity index (χ3v) is 4.69. The second-order valence-electron chi connectivity index (χ2n) is 5.19. The Bertz CT molecular complexity index is 857. The molecule has 5 heteroatoms. The molecule has 23 heavy (non-hydrogen) atoms. The number of thiazole rings is 1. The normalized spacial score (nSPS) is 10.6. The van der Waals surface area contributed by atoms with Crippen LogP contribution in [0.3, 0.4) is 0 Å². The number of ketones is 1. The molecule has 3 aromatic rings. The predicted molar refractivity (Wildman–Crippen MR) is 92.1 cm³/mol. The number of hydrogen-bond donors (Lipinski definition) is 0. The van der Waals surface area contributed by atoms with Gasteiger partial charge < -0.3 is 4.74 Å². The number of ether oxygens (including phenoxy) is 1. The van der Waals surface area contributed by atoms with Gasteiger partial charge >= 0.3 is 0 Å². The van der Waals surface area contributed by atoms with E-state index in [1.54, 1.807) is 26.4 Å². The van der Waals surface area contributed by atoms with Crippen molar-refractivity contribution in [2.75, 3.05) is 7.11 Å². The van der Waals surface area contributed by atoms with E-state index in [2.05, 4.69) is 4.98 Å². The number of Topliss-reactive ketones (excluding diaryl/α,β-unsaturated/α-hetero) is 1. The molecule has 0 aliphatic rings. The van der Waals surface area contributed by atoms with Crippen molar-refractivity contribution in [1.29, 1.82) is 0 Å². The van der Waals surface area contributed by atoms with Crippen molar-refractivity contribution in [2.45, 2.75) is 13.8 Å². The molecule has 1 aromatic carbocycles. The number of aromatic nitrogens is 2. The topological polar surface area (TPSA) is 52.1 Å². The summed E-state index contributed by atoms with van der Waals surface area (Å²) >= 11 is 1.40. The summed E-state index contributed by atoms with van der Waals surface area (Å²) in [6.45, 7) is 3.57. The summed E-state index contributed by atoms with van der Waals surface area (Å²) in [5, 5.41) is 0.802. The molecule has 3 rings (SSSR count). The number of rotatable bonds is 4. The first-order chi connectivity index (χ1) is 11.1. The quantitative estimate of drug-likeness (QED) is 0.668. The number of nitrogens with zero attached hydrogens (tertiary/aromatic N) is 2. The van der Waals surface area contributed by atoms with Crippen LogP contribution in [0.2, 0.25) is 0 Å². The number of hydrogen-bond acceptors (Lipinski definition) is 5. The van der Waals surface area contributed by atoms with E-state index in [1.807, 2.05) is 37.3 Å². The molecule has 0 amide bonds. The van der Waals surface area contributed by atoms with Gasteiger partial charge in [-0.15, -0.1) is 11.3 Å². The van der Waals surface area contributed by atoms with Gasteiger partial charge in [-0.1, -0.05) is 11.6 Å². The van der Waals surface area contributed by atoms with E-state index >= 15 is 0 Å². The van der Waals surface area contributed by atoms with E-state index in [0.717, 1.165) is 21.7 Å². The van der Waals surface area contributed by atoms with Crippen molar-refractivity contribution in [1.82, 2.24) is 9.97 Å². The number of carbonyl (C=O) groups is 1. The Morgan fingerprint density at radius 1 is 1.17 bits per heavy atom. The summed E-state index contributed by atoms with van der Waals surface area (Å²) < 4.78 is 5.45. The second kappa shape index (κ2) is 6.30. The van der Waals surface area contributed by atoms with Crippen LogP contribution in [0.1, 0.15) is 22.2 Å². The second-order valence-corrected chi connectivity index (χ2v) is 6.19. The molecule has 2 heterocycles. The molecular weight excluding hydrogens is 308 g/mol. The lowest BCUT2D eigenvalue weighted by molar-refractivity contribution is 0.102. The van der Waals surface area contributed by atoms with Crippen LogP contribution < -0.4 is 4.74 Å². The van der Waals surface area contributed by atoms with Gasteiger partial charge in [0.2, 0.25) is 0 Å². The number of carbonyl (C=O) groups excluding carboxylic acids is 1. The van der Waals surface area contributed by atoms with Crippen molar-refractivity contribution in [3.63, 3.8) is 0 Å². The van der Waals surface area contributed by atoms with E-state index < -0.39 is 0 Å². The molecule has 0 spiro atoms. The Labute approximate surface area is 138 Å². The fourth-order valence-corrected chi connectivity index (χ4v) is 3.35. The highest BCUT2D eigenvalue weighted by molar-refractivity contribution is 7.17. The molecule has 0 N–H and O–H groups in total. The molecule has 116 valence electrons. The molecule has 0 atom stereocenters. The first-order valence-corrected chi connectivity index (χ1v) is 7.99. The zero-order chi connectivity index (χ0) is 16.4. The van der Waals surface area contributed by atoms with Gasteiger partial charge in [0, 0.05) is 30.4 Å².